The van der Waals surface area contributed by atoms with E-state index in [1.54, 1.807) is 20.9 Å². The first-order chi connectivity index (χ1) is 9.13. The van der Waals surface area contributed by atoms with E-state index >= 15 is 0 Å². The SMILES string of the molecule is CCCCCCC(CC)Cc1c(C)sc(C)c1CC. The first-order valence-electron chi connectivity index (χ1n) is 8.21. The second-order valence-corrected chi connectivity index (χ2v) is 7.28. The Morgan fingerprint density at radius 3 is 2.16 bits per heavy atom. The van der Waals surface area contributed by atoms with Crippen LogP contribution < -0.4 is 0 Å². The Bertz CT molecular complexity index is 362. The zero-order chi connectivity index (χ0) is 14.3. The molecule has 0 amide bonds. The Hall–Kier alpha value is -0.300. The van der Waals surface area contributed by atoms with E-state index in [1.165, 1.54) is 51.4 Å². The maximum atomic E-state index is 2.37. The lowest BCUT2D eigenvalue weighted by molar-refractivity contribution is 0.438. The smallest absolute Gasteiger partial charge is 0.00519 e. The highest BCUT2D eigenvalue weighted by Crippen LogP contribution is 2.31. The highest BCUT2D eigenvalue weighted by molar-refractivity contribution is 7.12. The zero-order valence-electron chi connectivity index (χ0n) is 13.6. The average Bonchev–Trinajstić information content (AvgIpc) is 2.67. The number of hydrogen-bond donors (Lipinski definition) is 0. The van der Waals surface area contributed by atoms with Crippen molar-refractivity contribution in [2.45, 2.75) is 86.0 Å². The summed E-state index contributed by atoms with van der Waals surface area (Å²) >= 11 is 2.00. The molecule has 1 atom stereocenters. The van der Waals surface area contributed by atoms with E-state index in [0.717, 1.165) is 5.92 Å². The molecular formula is C18H32S. The van der Waals surface area contributed by atoms with Crippen molar-refractivity contribution in [2.24, 2.45) is 5.92 Å². The van der Waals surface area contributed by atoms with Gasteiger partial charge < -0.3 is 0 Å². The van der Waals surface area contributed by atoms with E-state index in [-0.39, 0.29) is 0 Å². The molecule has 0 saturated carbocycles. The van der Waals surface area contributed by atoms with Gasteiger partial charge in [-0.2, -0.15) is 0 Å². The first-order valence-corrected chi connectivity index (χ1v) is 9.03. The lowest BCUT2D eigenvalue weighted by Crippen LogP contribution is -2.05. The summed E-state index contributed by atoms with van der Waals surface area (Å²) < 4.78 is 0. The molecule has 0 aliphatic heterocycles. The average molecular weight is 281 g/mol. The van der Waals surface area contributed by atoms with E-state index in [9.17, 15) is 0 Å². The summed E-state index contributed by atoms with van der Waals surface area (Å²) in [6.45, 7) is 11.6. The fourth-order valence-corrected chi connectivity index (χ4v) is 4.29. The maximum Gasteiger partial charge on any atom is 0.00519 e. The van der Waals surface area contributed by atoms with Crippen molar-refractivity contribution in [3.05, 3.63) is 20.9 Å². The standard InChI is InChI=1S/C18H32S/c1-6-9-10-11-12-16(7-2)13-18-15(5)19-14(4)17(18)8-3/h16H,6-13H2,1-5H3. The molecule has 1 unspecified atom stereocenters. The van der Waals surface area contributed by atoms with E-state index < -0.39 is 0 Å². The summed E-state index contributed by atoms with van der Waals surface area (Å²) in [5.74, 6) is 0.898. The molecule has 1 heteroatoms. The minimum absolute atomic E-state index is 0.898. The van der Waals surface area contributed by atoms with Gasteiger partial charge in [-0.05, 0) is 43.7 Å². The van der Waals surface area contributed by atoms with Crippen molar-refractivity contribution in [1.82, 2.24) is 0 Å². The van der Waals surface area contributed by atoms with Crippen molar-refractivity contribution in [1.29, 1.82) is 0 Å². The minimum Gasteiger partial charge on any atom is -0.145 e. The van der Waals surface area contributed by atoms with Crippen molar-refractivity contribution in [3.8, 4) is 0 Å². The molecule has 0 saturated heterocycles. The van der Waals surface area contributed by atoms with Gasteiger partial charge in [-0.1, -0.05) is 59.3 Å². The van der Waals surface area contributed by atoms with Gasteiger partial charge in [0.15, 0.2) is 0 Å². The number of unbranched alkanes of at least 4 members (excludes halogenated alkanes) is 3. The Kier molecular flexibility index (Phi) is 7.75. The fraction of sp³-hybridized carbons (Fsp3) is 0.778. The van der Waals surface area contributed by atoms with Crippen molar-refractivity contribution in [3.63, 3.8) is 0 Å². The third-order valence-corrected chi connectivity index (χ3v) is 5.52. The molecule has 0 nitrogen and oxygen atoms in total. The van der Waals surface area contributed by atoms with Crippen LogP contribution in [0.4, 0.5) is 0 Å². The molecule has 0 fully saturated rings. The summed E-state index contributed by atoms with van der Waals surface area (Å²) in [4.78, 5) is 3.12. The fourth-order valence-electron chi connectivity index (χ4n) is 3.11. The topological polar surface area (TPSA) is 0 Å². The molecule has 0 N–H and O–H groups in total. The predicted octanol–water partition coefficient (Wildman–Crippen LogP) is 6.47. The number of rotatable bonds is 9. The van der Waals surface area contributed by atoms with Crippen LogP contribution >= 0.6 is 11.3 Å². The van der Waals surface area contributed by atoms with E-state index in [2.05, 4.69) is 34.6 Å². The number of aryl methyl sites for hydroxylation is 2. The van der Waals surface area contributed by atoms with Gasteiger partial charge in [0.05, 0.1) is 0 Å². The summed E-state index contributed by atoms with van der Waals surface area (Å²) in [5, 5.41) is 0. The number of hydrogen-bond acceptors (Lipinski definition) is 1. The Morgan fingerprint density at radius 2 is 1.58 bits per heavy atom. The van der Waals surface area contributed by atoms with Crippen molar-refractivity contribution < 1.29 is 0 Å². The molecule has 0 spiro atoms. The third kappa shape index (κ3) is 4.95. The second-order valence-electron chi connectivity index (χ2n) is 5.85. The van der Waals surface area contributed by atoms with E-state index in [1.807, 2.05) is 11.3 Å². The van der Waals surface area contributed by atoms with E-state index in [0.29, 0.717) is 0 Å². The van der Waals surface area contributed by atoms with Crippen LogP contribution in [0.5, 0.6) is 0 Å². The normalized spacial score (nSPS) is 12.9. The summed E-state index contributed by atoms with van der Waals surface area (Å²) in [6.07, 6.45) is 10.9. The molecule has 0 bridgehead atoms. The molecule has 0 aromatic carbocycles. The van der Waals surface area contributed by atoms with Gasteiger partial charge in [-0.15, -0.1) is 11.3 Å². The van der Waals surface area contributed by atoms with Crippen LogP contribution in [0, 0.1) is 19.8 Å². The Balaban J connectivity index is 2.60. The zero-order valence-corrected chi connectivity index (χ0v) is 14.5. The summed E-state index contributed by atoms with van der Waals surface area (Å²) in [5.41, 5.74) is 3.34. The molecule has 0 radical (unpaired) electrons. The van der Waals surface area contributed by atoms with Gasteiger partial charge in [0.1, 0.15) is 0 Å². The Labute approximate surface area is 124 Å². The second kappa shape index (κ2) is 8.79. The largest absolute Gasteiger partial charge is 0.145 e. The van der Waals surface area contributed by atoms with Crippen LogP contribution in [0.3, 0.4) is 0 Å². The van der Waals surface area contributed by atoms with Gasteiger partial charge in [0, 0.05) is 9.75 Å². The summed E-state index contributed by atoms with van der Waals surface area (Å²) in [6, 6.07) is 0. The molecule has 110 valence electrons. The lowest BCUT2D eigenvalue weighted by atomic mass is 9.89. The van der Waals surface area contributed by atoms with Gasteiger partial charge in [0.2, 0.25) is 0 Å². The Morgan fingerprint density at radius 1 is 0.895 bits per heavy atom. The van der Waals surface area contributed by atoms with Crippen molar-refractivity contribution >= 4 is 11.3 Å². The molecule has 19 heavy (non-hydrogen) atoms. The molecular weight excluding hydrogens is 248 g/mol. The van der Waals surface area contributed by atoms with Gasteiger partial charge in [-0.3, -0.25) is 0 Å². The van der Waals surface area contributed by atoms with E-state index in [4.69, 9.17) is 0 Å². The lowest BCUT2D eigenvalue weighted by Gasteiger charge is -2.16. The third-order valence-electron chi connectivity index (χ3n) is 4.41. The van der Waals surface area contributed by atoms with Crippen molar-refractivity contribution in [2.75, 3.05) is 0 Å². The van der Waals surface area contributed by atoms with Crippen LogP contribution in [-0.4, -0.2) is 0 Å². The quantitative estimate of drug-likeness (QED) is 0.455. The van der Waals surface area contributed by atoms with Crippen LogP contribution in [0.15, 0.2) is 0 Å². The maximum absolute atomic E-state index is 2.37. The summed E-state index contributed by atoms with van der Waals surface area (Å²) in [7, 11) is 0. The monoisotopic (exact) mass is 280 g/mol. The van der Waals surface area contributed by atoms with Gasteiger partial charge >= 0.3 is 0 Å². The van der Waals surface area contributed by atoms with Gasteiger partial charge in [0.25, 0.3) is 0 Å². The van der Waals surface area contributed by atoms with Crippen LogP contribution in [0.1, 0.15) is 80.2 Å². The highest BCUT2D eigenvalue weighted by Gasteiger charge is 2.15. The number of thiophene rings is 1. The molecule has 1 heterocycles. The minimum atomic E-state index is 0.898. The van der Waals surface area contributed by atoms with Crippen LogP contribution in [-0.2, 0) is 12.8 Å². The van der Waals surface area contributed by atoms with Gasteiger partial charge in [-0.25, -0.2) is 0 Å². The molecule has 1 aromatic heterocycles. The first kappa shape index (κ1) is 16.8. The molecule has 1 rings (SSSR count). The highest BCUT2D eigenvalue weighted by atomic mass is 32.1. The predicted molar refractivity (Wildman–Crippen MR) is 89.4 cm³/mol. The molecule has 1 aromatic rings. The van der Waals surface area contributed by atoms with Crippen LogP contribution in [0.25, 0.3) is 0 Å². The molecule has 0 aliphatic rings. The molecule has 0 aliphatic carbocycles. The van der Waals surface area contributed by atoms with Crippen LogP contribution in [0.2, 0.25) is 0 Å².